The summed E-state index contributed by atoms with van der Waals surface area (Å²) >= 11 is 0. The SMILES string of the molecule is CCc1onc(-c2ccccc2)c1[N+](=O)[O-]. The molecule has 1 heterocycles. The first-order chi connectivity index (χ1) is 7.74. The molecule has 2 rings (SSSR count). The number of rotatable bonds is 3. The quantitative estimate of drug-likeness (QED) is 0.586. The van der Waals surface area contributed by atoms with Gasteiger partial charge in [0.05, 0.1) is 4.92 Å². The largest absolute Gasteiger partial charge is 0.353 e. The number of aryl methyl sites for hydroxylation is 1. The maximum absolute atomic E-state index is 10.9. The van der Waals surface area contributed by atoms with Crippen molar-refractivity contribution in [1.82, 2.24) is 5.16 Å². The molecular weight excluding hydrogens is 208 g/mol. The summed E-state index contributed by atoms with van der Waals surface area (Å²) in [7, 11) is 0. The second-order valence-corrected chi connectivity index (χ2v) is 3.28. The van der Waals surface area contributed by atoms with Gasteiger partial charge >= 0.3 is 5.69 Å². The van der Waals surface area contributed by atoms with E-state index in [1.54, 1.807) is 31.2 Å². The molecule has 82 valence electrons. The Morgan fingerprint density at radius 3 is 2.62 bits per heavy atom. The summed E-state index contributed by atoms with van der Waals surface area (Å²) in [5.74, 6) is 0.309. The number of hydrogen-bond donors (Lipinski definition) is 0. The predicted molar refractivity (Wildman–Crippen MR) is 58.0 cm³/mol. The Morgan fingerprint density at radius 2 is 2.06 bits per heavy atom. The van der Waals surface area contributed by atoms with Crippen molar-refractivity contribution >= 4 is 5.69 Å². The lowest BCUT2D eigenvalue weighted by Gasteiger charge is -1.94. The van der Waals surface area contributed by atoms with Crippen LogP contribution in [-0.4, -0.2) is 10.1 Å². The van der Waals surface area contributed by atoms with Crippen LogP contribution >= 0.6 is 0 Å². The fourth-order valence-corrected chi connectivity index (χ4v) is 1.52. The molecule has 5 nitrogen and oxygen atoms in total. The molecule has 0 aliphatic carbocycles. The Balaban J connectivity index is 2.58. The molecule has 0 radical (unpaired) electrons. The minimum absolute atomic E-state index is 0.0336. The van der Waals surface area contributed by atoms with Gasteiger partial charge in [-0.05, 0) is 0 Å². The van der Waals surface area contributed by atoms with E-state index in [4.69, 9.17) is 4.52 Å². The van der Waals surface area contributed by atoms with Gasteiger partial charge in [-0.25, -0.2) is 0 Å². The van der Waals surface area contributed by atoms with Crippen LogP contribution < -0.4 is 0 Å². The highest BCUT2D eigenvalue weighted by Gasteiger charge is 2.26. The molecule has 5 heteroatoms. The molecule has 0 atom stereocenters. The van der Waals surface area contributed by atoms with Crippen molar-refractivity contribution in [3.63, 3.8) is 0 Å². The highest BCUT2D eigenvalue weighted by molar-refractivity contribution is 5.70. The fourth-order valence-electron chi connectivity index (χ4n) is 1.52. The Labute approximate surface area is 91.8 Å². The van der Waals surface area contributed by atoms with Crippen molar-refractivity contribution in [3.05, 3.63) is 46.2 Å². The summed E-state index contributed by atoms with van der Waals surface area (Å²) in [6.45, 7) is 1.79. The third-order valence-electron chi connectivity index (χ3n) is 2.29. The Kier molecular flexibility index (Phi) is 2.68. The fraction of sp³-hybridized carbons (Fsp3) is 0.182. The Hall–Kier alpha value is -2.17. The second-order valence-electron chi connectivity index (χ2n) is 3.28. The van der Waals surface area contributed by atoms with Crippen molar-refractivity contribution in [3.8, 4) is 11.3 Å². The van der Waals surface area contributed by atoms with Gasteiger partial charge in [0.15, 0.2) is 5.69 Å². The van der Waals surface area contributed by atoms with Gasteiger partial charge < -0.3 is 4.52 Å². The van der Waals surface area contributed by atoms with E-state index >= 15 is 0 Å². The molecule has 1 aromatic carbocycles. The van der Waals surface area contributed by atoms with Crippen LogP contribution in [0.2, 0.25) is 0 Å². The monoisotopic (exact) mass is 218 g/mol. The van der Waals surface area contributed by atoms with Gasteiger partial charge in [-0.2, -0.15) is 0 Å². The molecular formula is C11H10N2O3. The van der Waals surface area contributed by atoms with Crippen LogP contribution in [0.4, 0.5) is 5.69 Å². The van der Waals surface area contributed by atoms with E-state index in [9.17, 15) is 10.1 Å². The van der Waals surface area contributed by atoms with E-state index in [2.05, 4.69) is 5.16 Å². The molecule has 0 aliphatic heterocycles. The second kappa shape index (κ2) is 4.14. The zero-order chi connectivity index (χ0) is 11.5. The maximum Gasteiger partial charge on any atom is 0.339 e. The van der Waals surface area contributed by atoms with Crippen molar-refractivity contribution in [1.29, 1.82) is 0 Å². The van der Waals surface area contributed by atoms with E-state index in [0.29, 0.717) is 23.4 Å². The van der Waals surface area contributed by atoms with Gasteiger partial charge in [-0.1, -0.05) is 42.4 Å². The topological polar surface area (TPSA) is 69.2 Å². The van der Waals surface area contributed by atoms with Gasteiger partial charge in [0, 0.05) is 12.0 Å². The predicted octanol–water partition coefficient (Wildman–Crippen LogP) is 2.81. The van der Waals surface area contributed by atoms with Crippen LogP contribution in [0.3, 0.4) is 0 Å². The van der Waals surface area contributed by atoms with Crippen LogP contribution in [0.1, 0.15) is 12.7 Å². The van der Waals surface area contributed by atoms with Crippen LogP contribution in [0, 0.1) is 10.1 Å². The normalized spacial score (nSPS) is 10.3. The van der Waals surface area contributed by atoms with Gasteiger partial charge in [0.25, 0.3) is 0 Å². The number of nitrogens with zero attached hydrogens (tertiary/aromatic N) is 2. The molecule has 16 heavy (non-hydrogen) atoms. The van der Waals surface area contributed by atoms with E-state index in [-0.39, 0.29) is 5.69 Å². The summed E-state index contributed by atoms with van der Waals surface area (Å²) in [5, 5.41) is 14.7. The minimum atomic E-state index is -0.447. The average molecular weight is 218 g/mol. The van der Waals surface area contributed by atoms with Crippen LogP contribution in [0.5, 0.6) is 0 Å². The van der Waals surface area contributed by atoms with Crippen molar-refractivity contribution in [2.45, 2.75) is 13.3 Å². The molecule has 0 spiro atoms. The molecule has 0 N–H and O–H groups in total. The van der Waals surface area contributed by atoms with E-state index in [1.807, 2.05) is 6.07 Å². The van der Waals surface area contributed by atoms with Gasteiger partial charge in [-0.3, -0.25) is 10.1 Å². The molecule has 0 amide bonds. The van der Waals surface area contributed by atoms with Crippen molar-refractivity contribution in [2.75, 3.05) is 0 Å². The zero-order valence-electron chi connectivity index (χ0n) is 8.71. The summed E-state index contributed by atoms with van der Waals surface area (Å²) in [4.78, 5) is 10.5. The molecule has 0 aliphatic rings. The average Bonchev–Trinajstić information content (AvgIpc) is 2.73. The Morgan fingerprint density at radius 1 is 1.38 bits per heavy atom. The lowest BCUT2D eigenvalue weighted by atomic mass is 10.1. The van der Waals surface area contributed by atoms with Crippen molar-refractivity contribution in [2.24, 2.45) is 0 Å². The summed E-state index contributed by atoms with van der Waals surface area (Å²) in [5.41, 5.74) is 0.953. The van der Waals surface area contributed by atoms with Crippen LogP contribution in [0.25, 0.3) is 11.3 Å². The molecule has 0 unspecified atom stereocenters. The first kappa shape index (κ1) is 10.4. The summed E-state index contributed by atoms with van der Waals surface area (Å²) in [6, 6.07) is 8.99. The molecule has 0 fully saturated rings. The smallest absolute Gasteiger partial charge is 0.339 e. The lowest BCUT2D eigenvalue weighted by Crippen LogP contribution is -1.92. The standard InChI is InChI=1S/C11H10N2O3/c1-2-9-11(13(14)15)10(12-16-9)8-6-4-3-5-7-8/h3-7H,2H2,1H3. The summed E-state index contributed by atoms with van der Waals surface area (Å²) in [6.07, 6.45) is 0.455. The number of benzene rings is 1. The van der Waals surface area contributed by atoms with Gasteiger partial charge in [0.2, 0.25) is 5.76 Å². The van der Waals surface area contributed by atoms with Crippen LogP contribution in [0.15, 0.2) is 34.9 Å². The lowest BCUT2D eigenvalue weighted by molar-refractivity contribution is -0.385. The molecule has 0 saturated heterocycles. The third kappa shape index (κ3) is 1.67. The van der Waals surface area contributed by atoms with E-state index in [1.165, 1.54) is 0 Å². The first-order valence-corrected chi connectivity index (χ1v) is 4.92. The molecule has 0 bridgehead atoms. The highest BCUT2D eigenvalue weighted by Crippen LogP contribution is 2.32. The maximum atomic E-state index is 10.9. The Bertz CT molecular complexity index is 505. The first-order valence-electron chi connectivity index (χ1n) is 4.92. The van der Waals surface area contributed by atoms with Gasteiger partial charge in [-0.15, -0.1) is 0 Å². The van der Waals surface area contributed by atoms with E-state index < -0.39 is 4.92 Å². The third-order valence-corrected chi connectivity index (χ3v) is 2.29. The highest BCUT2D eigenvalue weighted by atomic mass is 16.6. The molecule has 2 aromatic rings. The van der Waals surface area contributed by atoms with E-state index in [0.717, 1.165) is 0 Å². The minimum Gasteiger partial charge on any atom is -0.353 e. The number of aromatic nitrogens is 1. The molecule has 0 saturated carbocycles. The summed E-state index contributed by atoms with van der Waals surface area (Å²) < 4.78 is 4.97. The van der Waals surface area contributed by atoms with Gasteiger partial charge in [0.1, 0.15) is 0 Å². The van der Waals surface area contributed by atoms with Crippen LogP contribution in [-0.2, 0) is 6.42 Å². The zero-order valence-corrected chi connectivity index (χ0v) is 8.71. The van der Waals surface area contributed by atoms with Crippen molar-refractivity contribution < 1.29 is 9.45 Å². The molecule has 1 aromatic heterocycles. The number of nitro groups is 1. The number of hydrogen-bond acceptors (Lipinski definition) is 4.